The van der Waals surface area contributed by atoms with Crippen LogP contribution in [-0.2, 0) is 4.79 Å². The van der Waals surface area contributed by atoms with Crippen LogP contribution in [0, 0.1) is 0 Å². The van der Waals surface area contributed by atoms with E-state index in [0.29, 0.717) is 6.04 Å². The second kappa shape index (κ2) is 7.74. The third-order valence-electron chi connectivity index (χ3n) is 4.19. The highest BCUT2D eigenvalue weighted by molar-refractivity contribution is 8.00. The van der Waals surface area contributed by atoms with Crippen molar-refractivity contribution in [3.05, 3.63) is 24.3 Å². The second-order valence-electron chi connectivity index (χ2n) is 5.68. The fourth-order valence-electron chi connectivity index (χ4n) is 2.84. The molecule has 0 spiro atoms. The van der Waals surface area contributed by atoms with Crippen molar-refractivity contribution in [3.63, 3.8) is 0 Å². The van der Waals surface area contributed by atoms with Crippen molar-refractivity contribution < 1.29 is 9.53 Å². The maximum Gasteiger partial charge on any atom is 0.235 e. The van der Waals surface area contributed by atoms with E-state index in [-0.39, 0.29) is 11.2 Å². The number of amides is 1. The number of benzene rings is 1. The standard InChI is InChI=1S/C17H25NO2S/c1-13(21-16-11-9-15(20-3)10-12-16)17(19)18(2)14-7-5-4-6-8-14/h9-14H,4-8H2,1-3H3/t13-/m0/s1. The lowest BCUT2D eigenvalue weighted by molar-refractivity contribution is -0.131. The summed E-state index contributed by atoms with van der Waals surface area (Å²) >= 11 is 1.62. The minimum atomic E-state index is -0.0506. The van der Waals surface area contributed by atoms with Crippen molar-refractivity contribution in [1.82, 2.24) is 4.90 Å². The third-order valence-corrected chi connectivity index (χ3v) is 5.29. The number of hydrogen-bond donors (Lipinski definition) is 0. The van der Waals surface area contributed by atoms with Crippen LogP contribution in [0.2, 0.25) is 0 Å². The topological polar surface area (TPSA) is 29.5 Å². The van der Waals surface area contributed by atoms with Gasteiger partial charge in [0.05, 0.1) is 12.4 Å². The van der Waals surface area contributed by atoms with Crippen LogP contribution in [0.15, 0.2) is 29.2 Å². The van der Waals surface area contributed by atoms with Gasteiger partial charge in [-0.1, -0.05) is 19.3 Å². The van der Waals surface area contributed by atoms with Crippen LogP contribution < -0.4 is 4.74 Å². The Bertz CT molecular complexity index is 454. The molecule has 1 aromatic rings. The van der Waals surface area contributed by atoms with Crippen molar-refractivity contribution in [3.8, 4) is 5.75 Å². The summed E-state index contributed by atoms with van der Waals surface area (Å²) < 4.78 is 5.15. The SMILES string of the molecule is COc1ccc(S[C@@H](C)C(=O)N(C)C2CCCCC2)cc1. The lowest BCUT2D eigenvalue weighted by Gasteiger charge is -2.32. The van der Waals surface area contributed by atoms with Crippen LogP contribution in [0.4, 0.5) is 0 Å². The molecule has 0 aromatic heterocycles. The summed E-state index contributed by atoms with van der Waals surface area (Å²) in [5, 5.41) is -0.0506. The number of ether oxygens (including phenoxy) is 1. The number of carbonyl (C=O) groups excluding carboxylic acids is 1. The molecule has 0 saturated heterocycles. The zero-order chi connectivity index (χ0) is 15.2. The van der Waals surface area contributed by atoms with Gasteiger partial charge < -0.3 is 9.64 Å². The molecule has 2 rings (SSSR count). The first-order valence-corrected chi connectivity index (χ1v) is 8.57. The summed E-state index contributed by atoms with van der Waals surface area (Å²) in [6.45, 7) is 2.00. The zero-order valence-corrected chi connectivity index (χ0v) is 14.0. The van der Waals surface area contributed by atoms with Crippen LogP contribution in [0.1, 0.15) is 39.0 Å². The fraction of sp³-hybridized carbons (Fsp3) is 0.588. The smallest absolute Gasteiger partial charge is 0.235 e. The van der Waals surface area contributed by atoms with E-state index in [2.05, 4.69) is 0 Å². The van der Waals surface area contributed by atoms with E-state index in [1.54, 1.807) is 18.9 Å². The van der Waals surface area contributed by atoms with Crippen molar-refractivity contribution in [2.45, 2.75) is 55.2 Å². The van der Waals surface area contributed by atoms with Gasteiger partial charge in [-0.2, -0.15) is 0 Å². The summed E-state index contributed by atoms with van der Waals surface area (Å²) in [5.74, 6) is 1.08. The maximum atomic E-state index is 12.6. The summed E-state index contributed by atoms with van der Waals surface area (Å²) in [5.41, 5.74) is 0. The van der Waals surface area contributed by atoms with E-state index in [1.165, 1.54) is 19.3 Å². The predicted molar refractivity (Wildman–Crippen MR) is 88.0 cm³/mol. The largest absolute Gasteiger partial charge is 0.497 e. The molecule has 116 valence electrons. The molecule has 0 heterocycles. The Morgan fingerprint density at radius 2 is 1.86 bits per heavy atom. The van der Waals surface area contributed by atoms with E-state index >= 15 is 0 Å². The number of carbonyl (C=O) groups is 1. The molecule has 1 atom stereocenters. The number of hydrogen-bond acceptors (Lipinski definition) is 3. The molecule has 1 fully saturated rings. The Hall–Kier alpha value is -1.16. The van der Waals surface area contributed by atoms with Gasteiger partial charge in [0.1, 0.15) is 5.75 Å². The van der Waals surface area contributed by atoms with Crippen molar-refractivity contribution in [1.29, 1.82) is 0 Å². The Labute approximate surface area is 132 Å². The van der Waals surface area contributed by atoms with E-state index < -0.39 is 0 Å². The summed E-state index contributed by atoms with van der Waals surface area (Å²) in [7, 11) is 3.62. The number of nitrogens with zero attached hydrogens (tertiary/aromatic N) is 1. The Balaban J connectivity index is 1.91. The van der Waals surface area contributed by atoms with Crippen LogP contribution in [0.5, 0.6) is 5.75 Å². The Kier molecular flexibility index (Phi) is 5.97. The van der Waals surface area contributed by atoms with Crippen LogP contribution >= 0.6 is 11.8 Å². The van der Waals surface area contributed by atoms with Gasteiger partial charge in [-0.15, -0.1) is 11.8 Å². The summed E-state index contributed by atoms with van der Waals surface area (Å²) in [6.07, 6.45) is 6.13. The zero-order valence-electron chi connectivity index (χ0n) is 13.2. The summed E-state index contributed by atoms with van der Waals surface area (Å²) in [4.78, 5) is 15.6. The average molecular weight is 307 g/mol. The fourth-order valence-corrected chi connectivity index (χ4v) is 3.81. The van der Waals surface area contributed by atoms with Gasteiger partial charge in [-0.3, -0.25) is 4.79 Å². The molecule has 3 nitrogen and oxygen atoms in total. The first kappa shape index (κ1) is 16.2. The van der Waals surface area contributed by atoms with Crippen LogP contribution in [0.25, 0.3) is 0 Å². The van der Waals surface area contributed by atoms with Gasteiger partial charge in [0.2, 0.25) is 5.91 Å². The summed E-state index contributed by atoms with van der Waals surface area (Å²) in [6, 6.07) is 8.32. The monoisotopic (exact) mass is 307 g/mol. The molecule has 0 N–H and O–H groups in total. The van der Waals surface area contributed by atoms with Crippen molar-refractivity contribution >= 4 is 17.7 Å². The second-order valence-corrected chi connectivity index (χ2v) is 7.09. The third kappa shape index (κ3) is 4.40. The highest BCUT2D eigenvalue weighted by Gasteiger charge is 2.25. The molecule has 0 unspecified atom stereocenters. The number of thioether (sulfide) groups is 1. The lowest BCUT2D eigenvalue weighted by atomic mass is 9.94. The molecule has 4 heteroatoms. The quantitative estimate of drug-likeness (QED) is 0.771. The Morgan fingerprint density at radius 1 is 1.24 bits per heavy atom. The average Bonchev–Trinajstić information content (AvgIpc) is 2.55. The van der Waals surface area contributed by atoms with Crippen LogP contribution in [0.3, 0.4) is 0 Å². The Morgan fingerprint density at radius 3 is 2.43 bits per heavy atom. The molecule has 0 radical (unpaired) electrons. The maximum absolute atomic E-state index is 12.6. The normalized spacial score (nSPS) is 17.3. The van der Waals surface area contributed by atoms with Gasteiger partial charge in [0.15, 0.2) is 0 Å². The molecule has 1 aliphatic carbocycles. The predicted octanol–water partition coefficient (Wildman–Crippen LogP) is 3.97. The van der Waals surface area contributed by atoms with E-state index in [0.717, 1.165) is 23.5 Å². The molecule has 1 saturated carbocycles. The molecule has 1 amide bonds. The van der Waals surface area contributed by atoms with Crippen molar-refractivity contribution in [2.24, 2.45) is 0 Å². The van der Waals surface area contributed by atoms with Gasteiger partial charge >= 0.3 is 0 Å². The van der Waals surface area contributed by atoms with Crippen molar-refractivity contribution in [2.75, 3.05) is 14.2 Å². The minimum absolute atomic E-state index is 0.0506. The molecule has 0 aliphatic heterocycles. The lowest BCUT2D eigenvalue weighted by Crippen LogP contribution is -2.42. The molecule has 0 bridgehead atoms. The number of methoxy groups -OCH3 is 1. The van der Waals surface area contributed by atoms with E-state index in [1.807, 2.05) is 43.1 Å². The van der Waals surface area contributed by atoms with Crippen LogP contribution in [-0.4, -0.2) is 36.3 Å². The highest BCUT2D eigenvalue weighted by Crippen LogP contribution is 2.28. The van der Waals surface area contributed by atoms with Gasteiger partial charge in [-0.05, 0) is 44.0 Å². The van der Waals surface area contributed by atoms with Gasteiger partial charge in [0.25, 0.3) is 0 Å². The van der Waals surface area contributed by atoms with E-state index in [4.69, 9.17) is 4.74 Å². The first-order valence-electron chi connectivity index (χ1n) is 7.69. The van der Waals surface area contributed by atoms with Gasteiger partial charge in [0, 0.05) is 18.0 Å². The molecular weight excluding hydrogens is 282 g/mol. The number of rotatable bonds is 5. The highest BCUT2D eigenvalue weighted by atomic mass is 32.2. The molecule has 1 aromatic carbocycles. The minimum Gasteiger partial charge on any atom is -0.497 e. The van der Waals surface area contributed by atoms with E-state index in [9.17, 15) is 4.79 Å². The molecule has 1 aliphatic rings. The molecular formula is C17H25NO2S. The van der Waals surface area contributed by atoms with Gasteiger partial charge in [-0.25, -0.2) is 0 Å². The first-order chi connectivity index (χ1) is 10.1. The molecule has 21 heavy (non-hydrogen) atoms.